The number of hydrogen-bond donors (Lipinski definition) is 1. The molecular weight excluding hydrogens is 234 g/mol. The Labute approximate surface area is 115 Å². The number of nitrogens with two attached hydrogens (primary N) is 1. The van der Waals surface area contributed by atoms with Crippen LogP contribution in [0, 0.1) is 27.7 Å². The van der Waals surface area contributed by atoms with Crippen LogP contribution in [0.2, 0.25) is 0 Å². The maximum atomic E-state index is 5.71. The SMILES string of the molecule is Cc1cc(C)c(-c2c(CCN)nn(C)c2C)cc1C. The van der Waals surface area contributed by atoms with Gasteiger partial charge in [-0.05, 0) is 56.5 Å². The summed E-state index contributed by atoms with van der Waals surface area (Å²) in [7, 11) is 2.00. The smallest absolute Gasteiger partial charge is 0.0718 e. The molecule has 0 radical (unpaired) electrons. The Morgan fingerprint density at radius 1 is 1.05 bits per heavy atom. The second-order valence-corrected chi connectivity index (χ2v) is 5.32. The molecule has 3 nitrogen and oxygen atoms in total. The van der Waals surface area contributed by atoms with Gasteiger partial charge in [0.1, 0.15) is 0 Å². The normalized spacial score (nSPS) is 11.1. The van der Waals surface area contributed by atoms with Gasteiger partial charge in [-0.2, -0.15) is 5.10 Å². The first-order valence-corrected chi connectivity index (χ1v) is 6.76. The standard InChI is InChI=1S/C16H23N3/c1-10-8-12(3)14(9-11(10)2)16-13(4)19(5)18-15(16)6-7-17/h8-9H,6-7,17H2,1-5H3. The average molecular weight is 257 g/mol. The Morgan fingerprint density at radius 2 is 1.68 bits per heavy atom. The highest BCUT2D eigenvalue weighted by molar-refractivity contribution is 5.73. The first-order chi connectivity index (χ1) is 8.95. The lowest BCUT2D eigenvalue weighted by Gasteiger charge is -2.11. The number of nitrogens with zero attached hydrogens (tertiary/aromatic N) is 2. The predicted molar refractivity (Wildman–Crippen MR) is 80.4 cm³/mol. The summed E-state index contributed by atoms with van der Waals surface area (Å²) in [4.78, 5) is 0. The third-order valence-electron chi connectivity index (χ3n) is 3.90. The highest BCUT2D eigenvalue weighted by Gasteiger charge is 2.16. The number of aryl methyl sites for hydroxylation is 4. The Balaban J connectivity index is 2.67. The largest absolute Gasteiger partial charge is 0.330 e. The fraction of sp³-hybridized carbons (Fsp3) is 0.438. The lowest BCUT2D eigenvalue weighted by Crippen LogP contribution is -2.05. The van der Waals surface area contributed by atoms with E-state index in [9.17, 15) is 0 Å². The Kier molecular flexibility index (Phi) is 3.76. The van der Waals surface area contributed by atoms with Gasteiger partial charge in [0.15, 0.2) is 0 Å². The van der Waals surface area contributed by atoms with Crippen LogP contribution in [-0.4, -0.2) is 16.3 Å². The molecule has 2 rings (SSSR count). The zero-order valence-electron chi connectivity index (χ0n) is 12.5. The third kappa shape index (κ3) is 2.43. The van der Waals surface area contributed by atoms with E-state index in [1.54, 1.807) is 0 Å². The molecule has 0 bridgehead atoms. The van der Waals surface area contributed by atoms with Crippen molar-refractivity contribution >= 4 is 0 Å². The van der Waals surface area contributed by atoms with Crippen molar-refractivity contribution in [3.8, 4) is 11.1 Å². The van der Waals surface area contributed by atoms with Crippen molar-refractivity contribution in [2.75, 3.05) is 6.54 Å². The summed E-state index contributed by atoms with van der Waals surface area (Å²) in [5, 5.41) is 4.61. The van der Waals surface area contributed by atoms with Gasteiger partial charge in [-0.3, -0.25) is 4.68 Å². The van der Waals surface area contributed by atoms with Crippen molar-refractivity contribution in [2.45, 2.75) is 34.1 Å². The molecule has 1 aromatic carbocycles. The van der Waals surface area contributed by atoms with E-state index in [1.807, 2.05) is 11.7 Å². The number of benzene rings is 1. The molecule has 3 heteroatoms. The van der Waals surface area contributed by atoms with E-state index in [0.717, 1.165) is 12.1 Å². The van der Waals surface area contributed by atoms with Crippen LogP contribution in [0.1, 0.15) is 28.1 Å². The minimum Gasteiger partial charge on any atom is -0.330 e. The van der Waals surface area contributed by atoms with Crippen molar-refractivity contribution in [1.29, 1.82) is 0 Å². The van der Waals surface area contributed by atoms with Gasteiger partial charge >= 0.3 is 0 Å². The van der Waals surface area contributed by atoms with Crippen LogP contribution in [0.4, 0.5) is 0 Å². The lowest BCUT2D eigenvalue weighted by atomic mass is 9.93. The van der Waals surface area contributed by atoms with Gasteiger partial charge in [0, 0.05) is 24.7 Å². The molecule has 1 aromatic heterocycles. The molecule has 0 aliphatic rings. The van der Waals surface area contributed by atoms with Crippen molar-refractivity contribution in [3.63, 3.8) is 0 Å². The molecule has 1 heterocycles. The van der Waals surface area contributed by atoms with Crippen LogP contribution in [0.3, 0.4) is 0 Å². The molecule has 0 spiro atoms. The van der Waals surface area contributed by atoms with Crippen LogP contribution >= 0.6 is 0 Å². The molecule has 0 saturated heterocycles. The number of rotatable bonds is 3. The molecule has 2 N–H and O–H groups in total. The summed E-state index contributed by atoms with van der Waals surface area (Å²) in [5.41, 5.74) is 14.5. The van der Waals surface area contributed by atoms with Crippen LogP contribution in [0.25, 0.3) is 11.1 Å². The number of aromatic nitrogens is 2. The molecule has 2 aromatic rings. The van der Waals surface area contributed by atoms with Crippen LogP contribution in [0.5, 0.6) is 0 Å². The van der Waals surface area contributed by atoms with Crippen molar-refractivity contribution in [2.24, 2.45) is 12.8 Å². The van der Waals surface area contributed by atoms with E-state index >= 15 is 0 Å². The van der Waals surface area contributed by atoms with E-state index in [2.05, 4.69) is 44.9 Å². The Bertz CT molecular complexity index is 609. The second kappa shape index (κ2) is 5.17. The summed E-state index contributed by atoms with van der Waals surface area (Å²) in [6.45, 7) is 9.24. The summed E-state index contributed by atoms with van der Waals surface area (Å²) in [6.07, 6.45) is 0.823. The number of hydrogen-bond acceptors (Lipinski definition) is 2. The van der Waals surface area contributed by atoms with Crippen LogP contribution in [-0.2, 0) is 13.5 Å². The molecule has 0 atom stereocenters. The zero-order valence-corrected chi connectivity index (χ0v) is 12.5. The molecule has 0 fully saturated rings. The van der Waals surface area contributed by atoms with Gasteiger partial charge in [0.2, 0.25) is 0 Å². The van der Waals surface area contributed by atoms with Crippen LogP contribution < -0.4 is 5.73 Å². The van der Waals surface area contributed by atoms with Crippen molar-refractivity contribution in [3.05, 3.63) is 40.2 Å². The topological polar surface area (TPSA) is 43.8 Å². The first kappa shape index (κ1) is 13.8. The molecule has 0 saturated carbocycles. The molecule has 0 aliphatic heterocycles. The van der Waals surface area contributed by atoms with E-state index in [4.69, 9.17) is 5.73 Å². The van der Waals surface area contributed by atoms with E-state index < -0.39 is 0 Å². The fourth-order valence-electron chi connectivity index (χ4n) is 2.57. The summed E-state index contributed by atoms with van der Waals surface area (Å²) in [6, 6.07) is 4.53. The van der Waals surface area contributed by atoms with Gasteiger partial charge in [0.05, 0.1) is 5.69 Å². The monoisotopic (exact) mass is 257 g/mol. The minimum atomic E-state index is 0.632. The van der Waals surface area contributed by atoms with Crippen LogP contribution in [0.15, 0.2) is 12.1 Å². The lowest BCUT2D eigenvalue weighted by molar-refractivity contribution is 0.718. The maximum absolute atomic E-state index is 5.71. The summed E-state index contributed by atoms with van der Waals surface area (Å²) < 4.78 is 1.95. The minimum absolute atomic E-state index is 0.632. The quantitative estimate of drug-likeness (QED) is 0.919. The highest BCUT2D eigenvalue weighted by atomic mass is 15.3. The predicted octanol–water partition coefficient (Wildman–Crippen LogP) is 2.82. The second-order valence-electron chi connectivity index (χ2n) is 5.32. The van der Waals surface area contributed by atoms with Crippen molar-refractivity contribution < 1.29 is 0 Å². The van der Waals surface area contributed by atoms with E-state index in [0.29, 0.717) is 6.54 Å². The molecular formula is C16H23N3. The molecule has 19 heavy (non-hydrogen) atoms. The Morgan fingerprint density at radius 3 is 2.32 bits per heavy atom. The highest BCUT2D eigenvalue weighted by Crippen LogP contribution is 2.31. The van der Waals surface area contributed by atoms with Gasteiger partial charge in [-0.15, -0.1) is 0 Å². The summed E-state index contributed by atoms with van der Waals surface area (Å²) in [5.74, 6) is 0. The van der Waals surface area contributed by atoms with E-state index in [-0.39, 0.29) is 0 Å². The fourth-order valence-corrected chi connectivity index (χ4v) is 2.57. The molecule has 0 amide bonds. The third-order valence-corrected chi connectivity index (χ3v) is 3.90. The Hall–Kier alpha value is -1.61. The maximum Gasteiger partial charge on any atom is 0.0718 e. The molecule has 102 valence electrons. The molecule has 0 unspecified atom stereocenters. The average Bonchev–Trinajstić information content (AvgIpc) is 2.61. The van der Waals surface area contributed by atoms with Gasteiger partial charge in [0.25, 0.3) is 0 Å². The van der Waals surface area contributed by atoms with Gasteiger partial charge in [-0.1, -0.05) is 12.1 Å². The first-order valence-electron chi connectivity index (χ1n) is 6.76. The summed E-state index contributed by atoms with van der Waals surface area (Å²) >= 11 is 0. The van der Waals surface area contributed by atoms with E-state index in [1.165, 1.54) is 33.5 Å². The van der Waals surface area contributed by atoms with Gasteiger partial charge in [-0.25, -0.2) is 0 Å². The van der Waals surface area contributed by atoms with Gasteiger partial charge < -0.3 is 5.73 Å². The molecule has 0 aliphatic carbocycles. The zero-order chi connectivity index (χ0) is 14.2. The van der Waals surface area contributed by atoms with Crippen molar-refractivity contribution in [1.82, 2.24) is 9.78 Å².